The first-order valence-electron chi connectivity index (χ1n) is 10.4. The Labute approximate surface area is 168 Å². The molecule has 1 aliphatic heterocycles. The average molecular weight is 384 g/mol. The fraction of sp³-hybridized carbons (Fsp3) is 0.500. The summed E-state index contributed by atoms with van der Waals surface area (Å²) in [5.41, 5.74) is 2.51. The van der Waals surface area contributed by atoms with Crippen molar-refractivity contribution in [1.82, 2.24) is 4.90 Å². The highest BCUT2D eigenvalue weighted by Gasteiger charge is 2.34. The van der Waals surface area contributed by atoms with Crippen LogP contribution in [0.1, 0.15) is 36.8 Å². The molecule has 0 saturated carbocycles. The molecule has 152 valence electrons. The van der Waals surface area contributed by atoms with Gasteiger partial charge in [0.05, 0.1) is 6.61 Å². The zero-order valence-electron chi connectivity index (χ0n) is 16.7. The number of benzene rings is 2. The SMILES string of the molecule is OCCOc1ccccc1CN1CCC[C@](CO)(CCCc2ccccc2)C1. The summed E-state index contributed by atoms with van der Waals surface area (Å²) in [4.78, 5) is 2.45. The van der Waals surface area contributed by atoms with Gasteiger partial charge in [-0.1, -0.05) is 48.5 Å². The van der Waals surface area contributed by atoms with Gasteiger partial charge in [0.25, 0.3) is 0 Å². The van der Waals surface area contributed by atoms with Gasteiger partial charge < -0.3 is 14.9 Å². The van der Waals surface area contributed by atoms with E-state index >= 15 is 0 Å². The third kappa shape index (κ3) is 5.81. The number of aliphatic hydroxyl groups excluding tert-OH is 2. The molecular weight excluding hydrogens is 350 g/mol. The normalized spacial score (nSPS) is 20.2. The number of nitrogens with zero attached hydrogens (tertiary/aromatic N) is 1. The highest BCUT2D eigenvalue weighted by molar-refractivity contribution is 5.33. The van der Waals surface area contributed by atoms with Crippen molar-refractivity contribution in [2.45, 2.75) is 38.6 Å². The molecule has 0 amide bonds. The van der Waals surface area contributed by atoms with E-state index < -0.39 is 0 Å². The van der Waals surface area contributed by atoms with Crippen LogP contribution in [0.5, 0.6) is 5.75 Å². The van der Waals surface area contributed by atoms with E-state index in [2.05, 4.69) is 41.3 Å². The Morgan fingerprint density at radius 1 is 1.00 bits per heavy atom. The van der Waals surface area contributed by atoms with E-state index in [1.54, 1.807) is 0 Å². The summed E-state index contributed by atoms with van der Waals surface area (Å²) < 4.78 is 5.69. The van der Waals surface area contributed by atoms with E-state index in [-0.39, 0.29) is 18.6 Å². The van der Waals surface area contributed by atoms with Gasteiger partial charge in [0.2, 0.25) is 0 Å². The largest absolute Gasteiger partial charge is 0.491 e. The number of rotatable bonds is 10. The molecule has 0 unspecified atom stereocenters. The minimum atomic E-state index is -0.00602. The Morgan fingerprint density at radius 3 is 2.57 bits per heavy atom. The van der Waals surface area contributed by atoms with Gasteiger partial charge >= 0.3 is 0 Å². The summed E-state index contributed by atoms with van der Waals surface area (Å²) in [7, 11) is 0. The van der Waals surface area contributed by atoms with E-state index in [4.69, 9.17) is 9.84 Å². The van der Waals surface area contributed by atoms with Crippen molar-refractivity contribution < 1.29 is 14.9 Å². The van der Waals surface area contributed by atoms with Crippen molar-refractivity contribution in [3.05, 3.63) is 65.7 Å². The first kappa shape index (κ1) is 20.8. The van der Waals surface area contributed by atoms with Crippen LogP contribution < -0.4 is 4.74 Å². The molecule has 1 saturated heterocycles. The molecule has 28 heavy (non-hydrogen) atoms. The summed E-state index contributed by atoms with van der Waals surface area (Å²) in [5.74, 6) is 0.848. The lowest BCUT2D eigenvalue weighted by molar-refractivity contribution is 0.0204. The second-order valence-corrected chi connectivity index (χ2v) is 7.99. The lowest BCUT2D eigenvalue weighted by atomic mass is 9.76. The average Bonchev–Trinajstić information content (AvgIpc) is 2.74. The van der Waals surface area contributed by atoms with Crippen LogP contribution in [0.2, 0.25) is 0 Å². The second kappa shape index (κ2) is 10.6. The molecule has 0 aromatic heterocycles. The van der Waals surface area contributed by atoms with Gasteiger partial charge in [-0.05, 0) is 50.3 Å². The molecule has 1 heterocycles. The number of ether oxygens (including phenoxy) is 1. The first-order chi connectivity index (χ1) is 13.7. The highest BCUT2D eigenvalue weighted by Crippen LogP contribution is 2.36. The van der Waals surface area contributed by atoms with E-state index in [0.717, 1.165) is 63.1 Å². The van der Waals surface area contributed by atoms with Crippen LogP contribution in [0.15, 0.2) is 54.6 Å². The third-order valence-corrected chi connectivity index (χ3v) is 5.81. The lowest BCUT2D eigenvalue weighted by Crippen LogP contribution is -2.45. The predicted octanol–water partition coefficient (Wildman–Crippen LogP) is 3.66. The standard InChI is InChI=1S/C24H33NO3/c26-16-17-28-23-12-5-4-11-22(23)18-25-15-7-14-24(19-25,20-27)13-6-10-21-8-2-1-3-9-21/h1-5,8-9,11-12,26-27H,6-7,10,13-20H2/t24-/m1/s1. The molecule has 2 N–H and O–H groups in total. The molecule has 0 bridgehead atoms. The van der Waals surface area contributed by atoms with Crippen LogP contribution in [-0.2, 0) is 13.0 Å². The van der Waals surface area contributed by atoms with Crippen LogP contribution in [0.3, 0.4) is 0 Å². The van der Waals surface area contributed by atoms with Gasteiger partial charge in [0, 0.05) is 30.7 Å². The molecular formula is C24H33NO3. The van der Waals surface area contributed by atoms with Crippen molar-refractivity contribution in [2.24, 2.45) is 5.41 Å². The molecule has 2 aromatic carbocycles. The Hall–Kier alpha value is -1.88. The van der Waals surface area contributed by atoms with Crippen molar-refractivity contribution in [3.63, 3.8) is 0 Å². The molecule has 2 aromatic rings. The number of piperidine rings is 1. The van der Waals surface area contributed by atoms with Crippen molar-refractivity contribution in [3.8, 4) is 5.75 Å². The molecule has 0 aliphatic carbocycles. The minimum absolute atomic E-state index is 0.00602. The predicted molar refractivity (Wildman–Crippen MR) is 112 cm³/mol. The lowest BCUT2D eigenvalue weighted by Gasteiger charge is -2.42. The van der Waals surface area contributed by atoms with E-state index in [1.807, 2.05) is 18.2 Å². The van der Waals surface area contributed by atoms with Crippen LogP contribution in [0.25, 0.3) is 0 Å². The number of likely N-dealkylation sites (tertiary alicyclic amines) is 1. The monoisotopic (exact) mass is 383 g/mol. The van der Waals surface area contributed by atoms with Crippen LogP contribution in [0.4, 0.5) is 0 Å². The Kier molecular flexibility index (Phi) is 7.90. The summed E-state index contributed by atoms with van der Waals surface area (Å²) in [6, 6.07) is 18.7. The molecule has 1 atom stereocenters. The maximum atomic E-state index is 10.2. The number of aryl methyl sites for hydroxylation is 1. The molecule has 0 spiro atoms. The molecule has 4 heteroatoms. The second-order valence-electron chi connectivity index (χ2n) is 7.99. The van der Waals surface area contributed by atoms with Gasteiger partial charge in [0.15, 0.2) is 0 Å². The van der Waals surface area contributed by atoms with E-state index in [0.29, 0.717) is 6.61 Å². The van der Waals surface area contributed by atoms with Crippen LogP contribution >= 0.6 is 0 Å². The fourth-order valence-corrected chi connectivity index (χ4v) is 4.34. The maximum absolute atomic E-state index is 10.2. The third-order valence-electron chi connectivity index (χ3n) is 5.81. The Bertz CT molecular complexity index is 706. The molecule has 1 aliphatic rings. The number of hydrogen-bond donors (Lipinski definition) is 2. The zero-order chi connectivity index (χ0) is 19.7. The topological polar surface area (TPSA) is 52.9 Å². The highest BCUT2D eigenvalue weighted by atomic mass is 16.5. The van der Waals surface area contributed by atoms with E-state index in [1.165, 1.54) is 5.56 Å². The van der Waals surface area contributed by atoms with Gasteiger partial charge in [-0.15, -0.1) is 0 Å². The molecule has 4 nitrogen and oxygen atoms in total. The summed E-state index contributed by atoms with van der Waals surface area (Å²) in [5, 5.41) is 19.3. The molecule has 3 rings (SSSR count). The van der Waals surface area contributed by atoms with Gasteiger partial charge in [0.1, 0.15) is 12.4 Å². The Morgan fingerprint density at radius 2 is 1.79 bits per heavy atom. The molecule has 0 radical (unpaired) electrons. The number of hydrogen-bond acceptors (Lipinski definition) is 4. The summed E-state index contributed by atoms with van der Waals surface area (Å²) >= 11 is 0. The van der Waals surface area contributed by atoms with Crippen molar-refractivity contribution >= 4 is 0 Å². The Balaban J connectivity index is 1.58. The number of para-hydroxylation sites is 1. The van der Waals surface area contributed by atoms with E-state index in [9.17, 15) is 5.11 Å². The van der Waals surface area contributed by atoms with Gasteiger partial charge in [-0.25, -0.2) is 0 Å². The van der Waals surface area contributed by atoms with Crippen molar-refractivity contribution in [2.75, 3.05) is 32.9 Å². The van der Waals surface area contributed by atoms with Crippen molar-refractivity contribution in [1.29, 1.82) is 0 Å². The summed E-state index contributed by atoms with van der Waals surface area (Å²) in [6.45, 7) is 3.38. The zero-order valence-corrected chi connectivity index (χ0v) is 16.7. The van der Waals surface area contributed by atoms with Crippen LogP contribution in [0, 0.1) is 5.41 Å². The molecule has 1 fully saturated rings. The number of aliphatic hydroxyl groups is 2. The summed E-state index contributed by atoms with van der Waals surface area (Å²) in [6.07, 6.45) is 5.44. The van der Waals surface area contributed by atoms with Gasteiger partial charge in [-0.3, -0.25) is 4.90 Å². The quantitative estimate of drug-likeness (QED) is 0.657. The van der Waals surface area contributed by atoms with Gasteiger partial charge in [-0.2, -0.15) is 0 Å². The minimum Gasteiger partial charge on any atom is -0.491 e. The maximum Gasteiger partial charge on any atom is 0.123 e. The first-order valence-corrected chi connectivity index (χ1v) is 10.4. The fourth-order valence-electron chi connectivity index (χ4n) is 4.34. The van der Waals surface area contributed by atoms with Crippen LogP contribution in [-0.4, -0.2) is 48.0 Å². The smallest absolute Gasteiger partial charge is 0.123 e.